The van der Waals surface area contributed by atoms with Gasteiger partial charge in [-0.1, -0.05) is 20.3 Å². The average Bonchev–Trinajstić information content (AvgIpc) is 2.69. The molecule has 0 radical (unpaired) electrons. The maximum atomic E-state index is 4.31. The van der Waals surface area contributed by atoms with Gasteiger partial charge in [-0.25, -0.2) is 0 Å². The summed E-state index contributed by atoms with van der Waals surface area (Å²) >= 11 is 0. The molecular formula is C14H25N3. The topological polar surface area (TPSA) is 29.9 Å². The second-order valence-corrected chi connectivity index (χ2v) is 5.74. The van der Waals surface area contributed by atoms with Gasteiger partial charge in [0.25, 0.3) is 0 Å². The molecule has 0 aliphatic heterocycles. The van der Waals surface area contributed by atoms with Gasteiger partial charge >= 0.3 is 0 Å². The normalized spacial score (nSPS) is 29.5. The van der Waals surface area contributed by atoms with Crippen molar-refractivity contribution in [3.8, 4) is 0 Å². The van der Waals surface area contributed by atoms with Crippen LogP contribution in [0.5, 0.6) is 0 Å². The molecule has 3 unspecified atom stereocenters. The molecule has 1 aliphatic carbocycles. The fourth-order valence-corrected chi connectivity index (χ4v) is 2.77. The molecule has 1 fully saturated rings. The summed E-state index contributed by atoms with van der Waals surface area (Å²) in [6.45, 7) is 8.84. The minimum atomic E-state index is 0.704. The molecule has 17 heavy (non-hydrogen) atoms. The van der Waals surface area contributed by atoms with E-state index in [1.54, 1.807) is 0 Å². The first-order chi connectivity index (χ1) is 8.15. The van der Waals surface area contributed by atoms with Gasteiger partial charge in [0.2, 0.25) is 0 Å². The van der Waals surface area contributed by atoms with Gasteiger partial charge in [0.05, 0.1) is 12.7 Å². The molecule has 1 aliphatic rings. The Morgan fingerprint density at radius 1 is 1.41 bits per heavy atom. The van der Waals surface area contributed by atoms with Gasteiger partial charge in [-0.05, 0) is 37.2 Å². The highest BCUT2D eigenvalue weighted by molar-refractivity contribution is 4.99. The Labute approximate surface area is 105 Å². The van der Waals surface area contributed by atoms with E-state index in [4.69, 9.17) is 0 Å². The molecule has 1 aromatic heterocycles. The van der Waals surface area contributed by atoms with Crippen molar-refractivity contribution in [2.45, 2.75) is 52.6 Å². The highest BCUT2D eigenvalue weighted by Crippen LogP contribution is 2.28. The molecule has 0 amide bonds. The fraction of sp³-hybridized carbons (Fsp3) is 0.786. The Balaban J connectivity index is 1.74. The lowest BCUT2D eigenvalue weighted by molar-refractivity contribution is 0.227. The van der Waals surface area contributed by atoms with Crippen molar-refractivity contribution < 1.29 is 0 Å². The third kappa shape index (κ3) is 3.56. The lowest BCUT2D eigenvalue weighted by Crippen LogP contribution is -2.40. The lowest BCUT2D eigenvalue weighted by atomic mass is 9.80. The molecule has 1 aromatic rings. The highest BCUT2D eigenvalue weighted by atomic mass is 15.3. The molecule has 1 saturated carbocycles. The Morgan fingerprint density at radius 3 is 2.94 bits per heavy atom. The van der Waals surface area contributed by atoms with Gasteiger partial charge < -0.3 is 5.32 Å². The molecule has 0 spiro atoms. The summed E-state index contributed by atoms with van der Waals surface area (Å²) < 4.78 is 2.03. The average molecular weight is 235 g/mol. The van der Waals surface area contributed by atoms with Crippen molar-refractivity contribution in [1.82, 2.24) is 15.1 Å². The van der Waals surface area contributed by atoms with E-state index in [0.717, 1.165) is 24.9 Å². The predicted octanol–water partition coefficient (Wildman–Crippen LogP) is 2.61. The first kappa shape index (κ1) is 12.6. The molecule has 3 atom stereocenters. The van der Waals surface area contributed by atoms with E-state index in [1.807, 2.05) is 10.9 Å². The Hall–Kier alpha value is -0.830. The standard InChI is InChI=1S/C14H25N3/c1-11-4-5-13(3)14(8-11)15-6-7-17-10-12(2)9-16-17/h9-11,13-15H,4-8H2,1-3H3. The van der Waals surface area contributed by atoms with E-state index in [9.17, 15) is 0 Å². The summed E-state index contributed by atoms with van der Waals surface area (Å²) in [7, 11) is 0. The van der Waals surface area contributed by atoms with Gasteiger partial charge in [-0.2, -0.15) is 5.10 Å². The minimum Gasteiger partial charge on any atom is -0.312 e. The Kier molecular flexibility index (Phi) is 4.21. The molecular weight excluding hydrogens is 210 g/mol. The van der Waals surface area contributed by atoms with E-state index < -0.39 is 0 Å². The van der Waals surface area contributed by atoms with E-state index in [-0.39, 0.29) is 0 Å². The number of nitrogens with zero attached hydrogens (tertiary/aromatic N) is 2. The van der Waals surface area contributed by atoms with Gasteiger partial charge in [-0.3, -0.25) is 4.68 Å². The number of nitrogens with one attached hydrogen (secondary N) is 1. The predicted molar refractivity (Wildman–Crippen MR) is 70.9 cm³/mol. The van der Waals surface area contributed by atoms with E-state index in [0.29, 0.717) is 6.04 Å². The molecule has 0 aromatic carbocycles. The van der Waals surface area contributed by atoms with Crippen LogP contribution in [0, 0.1) is 18.8 Å². The number of hydrogen-bond acceptors (Lipinski definition) is 2. The van der Waals surface area contributed by atoms with Crippen LogP contribution < -0.4 is 5.32 Å². The van der Waals surface area contributed by atoms with Crippen LogP contribution in [0.1, 0.15) is 38.7 Å². The number of aryl methyl sites for hydroxylation is 1. The summed E-state index contributed by atoms with van der Waals surface area (Å²) in [6.07, 6.45) is 8.14. The third-order valence-electron chi connectivity index (χ3n) is 3.97. The number of rotatable bonds is 4. The first-order valence-corrected chi connectivity index (χ1v) is 6.87. The summed E-state index contributed by atoms with van der Waals surface area (Å²) in [5, 5.41) is 8.01. The Morgan fingerprint density at radius 2 is 2.24 bits per heavy atom. The second-order valence-electron chi connectivity index (χ2n) is 5.74. The zero-order valence-corrected chi connectivity index (χ0v) is 11.3. The second kappa shape index (κ2) is 5.67. The van der Waals surface area contributed by atoms with Crippen molar-refractivity contribution >= 4 is 0 Å². The summed E-state index contributed by atoms with van der Waals surface area (Å²) in [5.41, 5.74) is 1.24. The van der Waals surface area contributed by atoms with Crippen molar-refractivity contribution in [3.05, 3.63) is 18.0 Å². The maximum Gasteiger partial charge on any atom is 0.0534 e. The molecule has 1 heterocycles. The SMILES string of the molecule is Cc1cnn(CCNC2CC(C)CCC2C)c1. The van der Waals surface area contributed by atoms with Crippen molar-refractivity contribution in [2.24, 2.45) is 11.8 Å². The van der Waals surface area contributed by atoms with E-state index >= 15 is 0 Å². The first-order valence-electron chi connectivity index (χ1n) is 6.87. The number of hydrogen-bond donors (Lipinski definition) is 1. The molecule has 0 bridgehead atoms. The minimum absolute atomic E-state index is 0.704. The van der Waals surface area contributed by atoms with Crippen LogP contribution in [0.4, 0.5) is 0 Å². The molecule has 1 N–H and O–H groups in total. The monoisotopic (exact) mass is 235 g/mol. The Bertz CT molecular complexity index is 345. The third-order valence-corrected chi connectivity index (χ3v) is 3.97. The zero-order chi connectivity index (χ0) is 12.3. The molecule has 3 heteroatoms. The van der Waals surface area contributed by atoms with Crippen molar-refractivity contribution in [2.75, 3.05) is 6.54 Å². The van der Waals surface area contributed by atoms with Gasteiger partial charge in [0.15, 0.2) is 0 Å². The van der Waals surface area contributed by atoms with E-state index in [2.05, 4.69) is 37.4 Å². The summed E-state index contributed by atoms with van der Waals surface area (Å²) in [4.78, 5) is 0. The maximum absolute atomic E-state index is 4.31. The number of aromatic nitrogens is 2. The smallest absolute Gasteiger partial charge is 0.0534 e. The molecule has 0 saturated heterocycles. The summed E-state index contributed by atoms with van der Waals surface area (Å²) in [5.74, 6) is 1.71. The van der Waals surface area contributed by atoms with Crippen LogP contribution in [-0.4, -0.2) is 22.4 Å². The largest absolute Gasteiger partial charge is 0.312 e. The van der Waals surface area contributed by atoms with Gasteiger partial charge in [-0.15, -0.1) is 0 Å². The zero-order valence-electron chi connectivity index (χ0n) is 11.3. The van der Waals surface area contributed by atoms with Gasteiger partial charge in [0, 0.05) is 18.8 Å². The lowest BCUT2D eigenvalue weighted by Gasteiger charge is -2.33. The van der Waals surface area contributed by atoms with E-state index in [1.165, 1.54) is 24.8 Å². The van der Waals surface area contributed by atoms with Crippen LogP contribution in [0.25, 0.3) is 0 Å². The van der Waals surface area contributed by atoms with Crippen LogP contribution in [0.2, 0.25) is 0 Å². The van der Waals surface area contributed by atoms with Crippen LogP contribution in [-0.2, 0) is 6.54 Å². The molecule has 96 valence electrons. The fourth-order valence-electron chi connectivity index (χ4n) is 2.77. The van der Waals surface area contributed by atoms with Gasteiger partial charge in [0.1, 0.15) is 0 Å². The van der Waals surface area contributed by atoms with Crippen LogP contribution in [0.3, 0.4) is 0 Å². The molecule has 3 nitrogen and oxygen atoms in total. The van der Waals surface area contributed by atoms with Crippen molar-refractivity contribution in [1.29, 1.82) is 0 Å². The van der Waals surface area contributed by atoms with Crippen LogP contribution in [0.15, 0.2) is 12.4 Å². The quantitative estimate of drug-likeness (QED) is 0.869. The van der Waals surface area contributed by atoms with Crippen molar-refractivity contribution in [3.63, 3.8) is 0 Å². The highest BCUT2D eigenvalue weighted by Gasteiger charge is 2.24. The summed E-state index contributed by atoms with van der Waals surface area (Å²) in [6, 6.07) is 0.704. The van der Waals surface area contributed by atoms with Crippen LogP contribution >= 0.6 is 0 Å². The molecule has 2 rings (SSSR count).